The molecule has 4 heteroatoms. The molecule has 0 aliphatic carbocycles. The van der Waals surface area contributed by atoms with Gasteiger partial charge in [-0.1, -0.05) is 28.1 Å². The number of nitrogens with one attached hydrogen (secondary N) is 1. The van der Waals surface area contributed by atoms with Gasteiger partial charge in [-0.2, -0.15) is 0 Å². The quantitative estimate of drug-likeness (QED) is 0.889. The number of hydrogen-bond donors (Lipinski definition) is 1. The Morgan fingerprint density at radius 1 is 1.00 bits per heavy atom. The smallest absolute Gasteiger partial charge is 0.159 e. The summed E-state index contributed by atoms with van der Waals surface area (Å²) in [6.45, 7) is 0.452. The van der Waals surface area contributed by atoms with E-state index in [1.54, 1.807) is 6.07 Å². The predicted octanol–water partition coefficient (Wildman–Crippen LogP) is 4.34. The molecule has 0 aliphatic rings. The summed E-state index contributed by atoms with van der Waals surface area (Å²) in [6.07, 6.45) is 0. The zero-order valence-electron chi connectivity index (χ0n) is 8.88. The number of benzene rings is 2. The van der Waals surface area contributed by atoms with E-state index in [9.17, 15) is 8.78 Å². The second kappa shape index (κ2) is 5.27. The Bertz CT molecular complexity index is 529. The zero-order valence-corrected chi connectivity index (χ0v) is 10.5. The molecule has 2 aromatic rings. The fourth-order valence-electron chi connectivity index (χ4n) is 1.45. The lowest BCUT2D eigenvalue weighted by atomic mass is 10.2. The van der Waals surface area contributed by atoms with Crippen LogP contribution in [-0.2, 0) is 6.54 Å². The van der Waals surface area contributed by atoms with Crippen molar-refractivity contribution >= 4 is 21.6 Å². The van der Waals surface area contributed by atoms with Crippen molar-refractivity contribution in [1.82, 2.24) is 0 Å². The molecule has 0 bridgehead atoms. The Kier molecular flexibility index (Phi) is 3.74. The van der Waals surface area contributed by atoms with E-state index in [0.717, 1.165) is 16.2 Å². The van der Waals surface area contributed by atoms with Crippen LogP contribution in [0.4, 0.5) is 14.5 Å². The largest absolute Gasteiger partial charge is 0.381 e. The van der Waals surface area contributed by atoms with Gasteiger partial charge in [0.15, 0.2) is 11.6 Å². The van der Waals surface area contributed by atoms with Gasteiger partial charge in [0.1, 0.15) is 0 Å². The van der Waals surface area contributed by atoms with Crippen LogP contribution in [0.3, 0.4) is 0 Å². The summed E-state index contributed by atoms with van der Waals surface area (Å²) in [5.74, 6) is -1.64. The maximum Gasteiger partial charge on any atom is 0.159 e. The minimum atomic E-state index is -0.823. The molecule has 0 fully saturated rings. The van der Waals surface area contributed by atoms with Crippen molar-refractivity contribution in [3.05, 3.63) is 64.1 Å². The van der Waals surface area contributed by atoms with Crippen LogP contribution in [0.15, 0.2) is 46.9 Å². The maximum atomic E-state index is 13.0. The first-order chi connectivity index (χ1) is 8.15. The van der Waals surface area contributed by atoms with E-state index in [4.69, 9.17) is 0 Å². The Morgan fingerprint density at radius 2 is 1.82 bits per heavy atom. The molecule has 0 atom stereocenters. The van der Waals surface area contributed by atoms with Crippen LogP contribution in [-0.4, -0.2) is 0 Å². The van der Waals surface area contributed by atoms with Crippen molar-refractivity contribution in [2.24, 2.45) is 0 Å². The predicted molar refractivity (Wildman–Crippen MR) is 67.8 cm³/mol. The van der Waals surface area contributed by atoms with E-state index >= 15 is 0 Å². The highest BCUT2D eigenvalue weighted by Gasteiger charge is 2.02. The molecule has 17 heavy (non-hydrogen) atoms. The molecule has 0 unspecified atom stereocenters. The fourth-order valence-corrected chi connectivity index (χ4v) is 1.85. The minimum Gasteiger partial charge on any atom is -0.381 e. The van der Waals surface area contributed by atoms with Gasteiger partial charge in [0.25, 0.3) is 0 Å². The third kappa shape index (κ3) is 3.27. The van der Waals surface area contributed by atoms with Crippen LogP contribution in [0.25, 0.3) is 0 Å². The van der Waals surface area contributed by atoms with Crippen molar-refractivity contribution in [2.75, 3.05) is 5.32 Å². The lowest BCUT2D eigenvalue weighted by Gasteiger charge is -2.07. The highest BCUT2D eigenvalue weighted by Crippen LogP contribution is 2.17. The number of anilines is 1. The van der Waals surface area contributed by atoms with Crippen LogP contribution < -0.4 is 5.32 Å². The fraction of sp³-hybridized carbons (Fsp3) is 0.0769. The molecule has 0 aromatic heterocycles. The van der Waals surface area contributed by atoms with Crippen molar-refractivity contribution in [3.63, 3.8) is 0 Å². The first-order valence-electron chi connectivity index (χ1n) is 5.08. The Hall–Kier alpha value is -1.42. The molecule has 0 amide bonds. The lowest BCUT2D eigenvalue weighted by molar-refractivity contribution is 0.507. The monoisotopic (exact) mass is 297 g/mol. The van der Waals surface area contributed by atoms with Gasteiger partial charge in [0.05, 0.1) is 0 Å². The van der Waals surface area contributed by atoms with Crippen LogP contribution in [0.2, 0.25) is 0 Å². The van der Waals surface area contributed by atoms with Gasteiger partial charge in [0, 0.05) is 16.7 Å². The molecule has 0 saturated heterocycles. The van der Waals surface area contributed by atoms with Gasteiger partial charge in [-0.3, -0.25) is 0 Å². The summed E-state index contributed by atoms with van der Waals surface area (Å²) in [5.41, 5.74) is 1.62. The van der Waals surface area contributed by atoms with Gasteiger partial charge in [-0.15, -0.1) is 0 Å². The van der Waals surface area contributed by atoms with Crippen LogP contribution in [0, 0.1) is 11.6 Å². The third-order valence-corrected chi connectivity index (χ3v) is 2.80. The van der Waals surface area contributed by atoms with Gasteiger partial charge in [-0.05, 0) is 35.9 Å². The van der Waals surface area contributed by atoms with Gasteiger partial charge in [-0.25, -0.2) is 8.78 Å². The van der Waals surface area contributed by atoms with E-state index in [-0.39, 0.29) is 0 Å². The molecule has 2 aromatic carbocycles. The number of hydrogen-bond acceptors (Lipinski definition) is 1. The summed E-state index contributed by atoms with van der Waals surface area (Å²) in [6, 6.07) is 11.5. The Labute approximate surface area is 107 Å². The van der Waals surface area contributed by atoms with Gasteiger partial charge in [0.2, 0.25) is 0 Å². The van der Waals surface area contributed by atoms with E-state index in [1.807, 2.05) is 24.3 Å². The molecule has 0 saturated carbocycles. The standard InChI is InChI=1S/C13H10BrF2N/c14-10-2-1-3-11(7-10)17-8-9-4-5-12(15)13(16)6-9/h1-7,17H,8H2. The average Bonchev–Trinajstić information content (AvgIpc) is 2.31. The van der Waals surface area contributed by atoms with Crippen LogP contribution in [0.5, 0.6) is 0 Å². The molecule has 1 nitrogen and oxygen atoms in total. The molecule has 0 heterocycles. The van der Waals surface area contributed by atoms with E-state index in [0.29, 0.717) is 12.1 Å². The molecule has 0 spiro atoms. The highest BCUT2D eigenvalue weighted by atomic mass is 79.9. The number of rotatable bonds is 3. The summed E-state index contributed by atoms with van der Waals surface area (Å²) in [7, 11) is 0. The Morgan fingerprint density at radius 3 is 2.53 bits per heavy atom. The van der Waals surface area contributed by atoms with E-state index < -0.39 is 11.6 Å². The second-order valence-electron chi connectivity index (χ2n) is 3.61. The van der Waals surface area contributed by atoms with Crippen molar-refractivity contribution in [3.8, 4) is 0 Å². The Balaban J connectivity index is 2.05. The van der Waals surface area contributed by atoms with Crippen molar-refractivity contribution < 1.29 is 8.78 Å². The van der Waals surface area contributed by atoms with Gasteiger partial charge < -0.3 is 5.32 Å². The molecule has 0 radical (unpaired) electrons. The average molecular weight is 298 g/mol. The highest BCUT2D eigenvalue weighted by molar-refractivity contribution is 9.10. The molecular formula is C13H10BrF2N. The molecule has 1 N–H and O–H groups in total. The maximum absolute atomic E-state index is 13.0. The van der Waals surface area contributed by atoms with Gasteiger partial charge >= 0.3 is 0 Å². The molecular weight excluding hydrogens is 288 g/mol. The zero-order chi connectivity index (χ0) is 12.3. The minimum absolute atomic E-state index is 0.452. The third-order valence-electron chi connectivity index (χ3n) is 2.31. The lowest BCUT2D eigenvalue weighted by Crippen LogP contribution is -2.00. The SMILES string of the molecule is Fc1ccc(CNc2cccc(Br)c2)cc1F. The summed E-state index contributed by atoms with van der Waals surface area (Å²) in [4.78, 5) is 0. The first-order valence-corrected chi connectivity index (χ1v) is 5.88. The van der Waals surface area contributed by atoms with Crippen LogP contribution >= 0.6 is 15.9 Å². The molecule has 0 aliphatic heterocycles. The number of halogens is 3. The summed E-state index contributed by atoms with van der Waals surface area (Å²) in [5, 5.41) is 3.13. The van der Waals surface area contributed by atoms with Crippen molar-refractivity contribution in [2.45, 2.75) is 6.54 Å². The second-order valence-corrected chi connectivity index (χ2v) is 4.53. The molecule has 88 valence electrons. The molecule has 2 rings (SSSR count). The topological polar surface area (TPSA) is 12.0 Å². The first kappa shape index (κ1) is 12.0. The van der Waals surface area contributed by atoms with E-state index in [2.05, 4.69) is 21.2 Å². The van der Waals surface area contributed by atoms with Crippen molar-refractivity contribution in [1.29, 1.82) is 0 Å². The van der Waals surface area contributed by atoms with Crippen LogP contribution in [0.1, 0.15) is 5.56 Å². The van der Waals surface area contributed by atoms with E-state index in [1.165, 1.54) is 6.07 Å². The summed E-state index contributed by atoms with van der Waals surface area (Å²) >= 11 is 3.36. The summed E-state index contributed by atoms with van der Waals surface area (Å²) < 4.78 is 26.6. The normalized spacial score (nSPS) is 10.3.